The molecule has 0 fully saturated rings. The molecule has 0 saturated heterocycles. The molecule has 2 rings (SSSR count). The van der Waals surface area contributed by atoms with E-state index in [1.807, 2.05) is 30.3 Å². The molecule has 0 aliphatic rings. The lowest BCUT2D eigenvalue weighted by molar-refractivity contribution is 0.624. The van der Waals surface area contributed by atoms with Gasteiger partial charge in [0.05, 0.1) is 11.4 Å². The van der Waals surface area contributed by atoms with Gasteiger partial charge in [-0.05, 0) is 37.3 Å². The lowest BCUT2D eigenvalue weighted by Gasteiger charge is -2.05. The van der Waals surface area contributed by atoms with Crippen LogP contribution in [0.25, 0.3) is 0 Å². The van der Waals surface area contributed by atoms with Gasteiger partial charge in [0, 0.05) is 10.0 Å². The second kappa shape index (κ2) is 5.78. The van der Waals surface area contributed by atoms with Crippen LogP contribution in [0.15, 0.2) is 58.1 Å². The van der Waals surface area contributed by atoms with Gasteiger partial charge in [-0.25, -0.2) is 4.39 Å². The summed E-state index contributed by atoms with van der Waals surface area (Å²) in [5, 5.41) is 4.17. The zero-order chi connectivity index (χ0) is 13.0. The third-order valence-corrected chi connectivity index (χ3v) is 2.94. The van der Waals surface area contributed by atoms with E-state index < -0.39 is 0 Å². The van der Waals surface area contributed by atoms with Gasteiger partial charge in [0.1, 0.15) is 5.82 Å². The molecule has 0 aliphatic carbocycles. The largest absolute Gasteiger partial charge is 0.278 e. The van der Waals surface area contributed by atoms with E-state index in [1.165, 1.54) is 6.07 Å². The Kier molecular flexibility index (Phi) is 4.10. The summed E-state index contributed by atoms with van der Waals surface area (Å²) in [6.45, 7) is 1.77. The van der Waals surface area contributed by atoms with Crippen LogP contribution in [0.5, 0.6) is 0 Å². The van der Waals surface area contributed by atoms with Crippen LogP contribution in [0, 0.1) is 5.82 Å². The van der Waals surface area contributed by atoms with Crippen LogP contribution in [0.4, 0.5) is 10.1 Å². The molecule has 0 aliphatic heterocycles. The minimum Gasteiger partial charge on any atom is -0.278 e. The average Bonchev–Trinajstić information content (AvgIpc) is 2.37. The Bertz CT molecular complexity index is 567. The van der Waals surface area contributed by atoms with Crippen LogP contribution in [-0.2, 0) is 0 Å². The second-order valence-electron chi connectivity index (χ2n) is 3.80. The van der Waals surface area contributed by atoms with Crippen molar-refractivity contribution in [3.8, 4) is 0 Å². The molecular formula is C14H12BrFN2. The summed E-state index contributed by atoms with van der Waals surface area (Å²) >= 11 is 3.23. The van der Waals surface area contributed by atoms with Crippen molar-refractivity contribution in [1.82, 2.24) is 0 Å². The van der Waals surface area contributed by atoms with Gasteiger partial charge in [-0.2, -0.15) is 5.10 Å². The molecule has 2 aromatic carbocycles. The number of anilines is 1. The molecule has 0 bridgehead atoms. The quantitative estimate of drug-likeness (QED) is 0.658. The molecule has 2 nitrogen and oxygen atoms in total. The summed E-state index contributed by atoms with van der Waals surface area (Å²) < 4.78 is 14.4. The van der Waals surface area contributed by atoms with Gasteiger partial charge in [-0.1, -0.05) is 34.1 Å². The van der Waals surface area contributed by atoms with E-state index in [2.05, 4.69) is 26.5 Å². The Morgan fingerprint density at radius 2 is 1.89 bits per heavy atom. The topological polar surface area (TPSA) is 24.4 Å². The van der Waals surface area contributed by atoms with Crippen LogP contribution >= 0.6 is 15.9 Å². The van der Waals surface area contributed by atoms with E-state index in [-0.39, 0.29) is 5.82 Å². The highest BCUT2D eigenvalue weighted by molar-refractivity contribution is 9.10. The first-order chi connectivity index (χ1) is 8.66. The minimum absolute atomic E-state index is 0.291. The molecule has 0 radical (unpaired) electrons. The first-order valence-electron chi connectivity index (χ1n) is 5.47. The molecule has 4 heteroatoms. The molecule has 0 saturated carbocycles. The number of nitrogens with zero attached hydrogens (tertiary/aromatic N) is 1. The van der Waals surface area contributed by atoms with Crippen molar-refractivity contribution in [1.29, 1.82) is 0 Å². The van der Waals surface area contributed by atoms with Gasteiger partial charge in [0.15, 0.2) is 0 Å². The van der Waals surface area contributed by atoms with E-state index in [9.17, 15) is 4.39 Å². The number of nitrogens with one attached hydrogen (secondary N) is 1. The molecule has 0 heterocycles. The minimum atomic E-state index is -0.291. The predicted molar refractivity (Wildman–Crippen MR) is 76.4 cm³/mol. The highest BCUT2D eigenvalue weighted by Crippen LogP contribution is 2.16. The summed E-state index contributed by atoms with van der Waals surface area (Å²) in [6, 6.07) is 14.5. The first kappa shape index (κ1) is 12.8. The maximum Gasteiger partial charge on any atom is 0.133 e. The normalized spacial score (nSPS) is 11.4. The molecule has 0 unspecified atom stereocenters. The molecule has 0 aromatic heterocycles. The van der Waals surface area contributed by atoms with Crippen molar-refractivity contribution in [2.75, 3.05) is 5.43 Å². The molecule has 92 valence electrons. The molecule has 0 atom stereocenters. The van der Waals surface area contributed by atoms with E-state index in [0.717, 1.165) is 5.69 Å². The Balaban J connectivity index is 2.18. The Morgan fingerprint density at radius 1 is 1.17 bits per heavy atom. The average molecular weight is 307 g/mol. The van der Waals surface area contributed by atoms with Gasteiger partial charge in [0.2, 0.25) is 0 Å². The third-order valence-electron chi connectivity index (χ3n) is 2.45. The van der Waals surface area contributed by atoms with Crippen molar-refractivity contribution in [2.24, 2.45) is 5.10 Å². The van der Waals surface area contributed by atoms with Crippen LogP contribution in [0.2, 0.25) is 0 Å². The van der Waals surface area contributed by atoms with Crippen LogP contribution in [0.1, 0.15) is 12.5 Å². The number of halogens is 2. The number of hydrogen-bond acceptors (Lipinski definition) is 2. The van der Waals surface area contributed by atoms with Gasteiger partial charge < -0.3 is 0 Å². The SMILES string of the molecule is CC(=NNc1ccccc1)c1ccc(Br)cc1F. The summed E-state index contributed by atoms with van der Waals surface area (Å²) in [4.78, 5) is 0. The van der Waals surface area contributed by atoms with Gasteiger partial charge >= 0.3 is 0 Å². The van der Waals surface area contributed by atoms with Crippen molar-refractivity contribution in [3.05, 3.63) is 64.4 Å². The number of hydrogen-bond donors (Lipinski definition) is 1. The summed E-state index contributed by atoms with van der Waals surface area (Å²) in [5.74, 6) is -0.291. The van der Waals surface area contributed by atoms with Crippen molar-refractivity contribution in [2.45, 2.75) is 6.92 Å². The Hall–Kier alpha value is -1.68. The third kappa shape index (κ3) is 3.17. The second-order valence-corrected chi connectivity index (χ2v) is 4.71. The maximum absolute atomic E-state index is 13.7. The highest BCUT2D eigenvalue weighted by atomic mass is 79.9. The van der Waals surface area contributed by atoms with Crippen LogP contribution in [0.3, 0.4) is 0 Å². The predicted octanol–water partition coefficient (Wildman–Crippen LogP) is 4.42. The molecular weight excluding hydrogens is 295 g/mol. The zero-order valence-electron chi connectivity index (χ0n) is 9.82. The van der Waals surface area contributed by atoms with Crippen molar-refractivity contribution in [3.63, 3.8) is 0 Å². The fraction of sp³-hybridized carbons (Fsp3) is 0.0714. The number of para-hydroxylation sites is 1. The lowest BCUT2D eigenvalue weighted by Crippen LogP contribution is -2.02. The van der Waals surface area contributed by atoms with Crippen LogP contribution in [-0.4, -0.2) is 5.71 Å². The summed E-state index contributed by atoms with van der Waals surface area (Å²) in [7, 11) is 0. The molecule has 1 N–H and O–H groups in total. The number of benzene rings is 2. The molecule has 2 aromatic rings. The molecule has 0 amide bonds. The van der Waals surface area contributed by atoms with Crippen molar-refractivity contribution >= 4 is 27.3 Å². The summed E-state index contributed by atoms with van der Waals surface area (Å²) in [5.41, 5.74) is 4.85. The fourth-order valence-corrected chi connectivity index (χ4v) is 1.84. The van der Waals surface area contributed by atoms with Crippen molar-refractivity contribution < 1.29 is 4.39 Å². The lowest BCUT2D eigenvalue weighted by atomic mass is 10.1. The maximum atomic E-state index is 13.7. The first-order valence-corrected chi connectivity index (χ1v) is 6.27. The fourth-order valence-electron chi connectivity index (χ4n) is 1.50. The Labute approximate surface area is 114 Å². The zero-order valence-corrected chi connectivity index (χ0v) is 11.4. The molecule has 0 spiro atoms. The van der Waals surface area contributed by atoms with Gasteiger partial charge in [0.25, 0.3) is 0 Å². The monoisotopic (exact) mass is 306 g/mol. The smallest absolute Gasteiger partial charge is 0.133 e. The van der Waals surface area contributed by atoms with E-state index in [0.29, 0.717) is 15.7 Å². The van der Waals surface area contributed by atoms with Crippen LogP contribution < -0.4 is 5.43 Å². The van der Waals surface area contributed by atoms with E-state index in [1.54, 1.807) is 19.1 Å². The summed E-state index contributed by atoms with van der Waals surface area (Å²) in [6.07, 6.45) is 0. The number of hydrazone groups is 1. The number of rotatable bonds is 3. The van der Waals surface area contributed by atoms with E-state index in [4.69, 9.17) is 0 Å². The Morgan fingerprint density at radius 3 is 2.56 bits per heavy atom. The standard InChI is InChI=1S/C14H12BrFN2/c1-10(13-8-7-11(15)9-14(13)16)17-18-12-5-3-2-4-6-12/h2-9,18H,1H3. The highest BCUT2D eigenvalue weighted by Gasteiger charge is 2.05. The van der Waals surface area contributed by atoms with Gasteiger partial charge in [-0.3, -0.25) is 5.43 Å². The molecule has 18 heavy (non-hydrogen) atoms. The van der Waals surface area contributed by atoms with Gasteiger partial charge in [-0.15, -0.1) is 0 Å². The van der Waals surface area contributed by atoms with E-state index >= 15 is 0 Å².